The summed E-state index contributed by atoms with van der Waals surface area (Å²) in [5, 5.41) is 7.27. The van der Waals surface area contributed by atoms with Gasteiger partial charge in [-0.3, -0.25) is 0 Å². The van der Waals surface area contributed by atoms with Crippen LogP contribution in [0, 0.1) is 61.3 Å². The molecular formula is C45H48P2. The van der Waals surface area contributed by atoms with Gasteiger partial charge in [0.2, 0.25) is 0 Å². The molecule has 5 aromatic carbocycles. The van der Waals surface area contributed by atoms with Crippen molar-refractivity contribution in [3.05, 3.63) is 165 Å². The molecule has 6 rings (SSSR count). The molecule has 0 heterocycles. The van der Waals surface area contributed by atoms with Crippen LogP contribution in [0.1, 0.15) is 57.0 Å². The summed E-state index contributed by atoms with van der Waals surface area (Å²) in [6.45, 7) is 20.4. The average molecular weight is 651 g/mol. The Balaban J connectivity index is 1.50. The molecule has 0 aromatic heterocycles. The zero-order valence-electron chi connectivity index (χ0n) is 29.5. The van der Waals surface area contributed by atoms with Gasteiger partial charge in [-0.25, -0.2) is 0 Å². The highest BCUT2D eigenvalue weighted by Crippen LogP contribution is 2.49. The maximum atomic E-state index is 2.51. The smallest absolute Gasteiger partial charge is 0.00982 e. The SMILES string of the molecule is Cc1cc(C)cc(P(c2cc(C)cc(C)c2)c2ccccc2C2=CC=CC2[C@H](C)P(c2cc(C)cc(C)c2)c2cc(C)cc(C)c2)c1. The molecule has 0 saturated carbocycles. The van der Waals surface area contributed by atoms with Crippen LogP contribution in [0.15, 0.2) is 115 Å². The minimum atomic E-state index is -0.770. The Morgan fingerprint density at radius 1 is 0.489 bits per heavy atom. The Bertz CT molecular complexity index is 1830. The van der Waals surface area contributed by atoms with E-state index in [9.17, 15) is 0 Å². The van der Waals surface area contributed by atoms with Crippen LogP contribution >= 0.6 is 15.8 Å². The Hall–Kier alpha value is -3.56. The Labute approximate surface area is 286 Å². The highest BCUT2D eigenvalue weighted by Gasteiger charge is 2.33. The molecule has 2 heteroatoms. The number of rotatable bonds is 8. The second-order valence-electron chi connectivity index (χ2n) is 13.9. The molecule has 1 unspecified atom stereocenters. The standard InChI is InChI=1S/C45H48P2/c1-29-17-30(2)22-38(21-29)46(39-23-31(3)18-32(4)24-39)37(9)42-14-12-15-43(42)44-13-10-11-16-45(44)47(40-25-33(5)19-34(6)26-40)41-27-35(7)20-36(8)28-41/h10-28,37,42H,1-9H3/t37-,42?/m0/s1. The largest absolute Gasteiger partial charge is 0.0763 e. The fraction of sp³-hybridized carbons (Fsp3) is 0.244. The first-order valence-electron chi connectivity index (χ1n) is 16.9. The molecule has 0 N–H and O–H groups in total. The van der Waals surface area contributed by atoms with E-state index < -0.39 is 15.8 Å². The highest BCUT2D eigenvalue weighted by atomic mass is 31.1. The summed E-state index contributed by atoms with van der Waals surface area (Å²) in [6, 6.07) is 38.0. The van der Waals surface area contributed by atoms with Crippen molar-refractivity contribution >= 4 is 47.9 Å². The summed E-state index contributed by atoms with van der Waals surface area (Å²) < 4.78 is 0. The van der Waals surface area contributed by atoms with Gasteiger partial charge in [0.05, 0.1) is 0 Å². The molecule has 238 valence electrons. The average Bonchev–Trinajstić information content (AvgIpc) is 3.46. The van der Waals surface area contributed by atoms with Crippen LogP contribution in [0.25, 0.3) is 5.57 Å². The van der Waals surface area contributed by atoms with E-state index in [-0.39, 0.29) is 0 Å². The summed E-state index contributed by atoms with van der Waals surface area (Å²) >= 11 is 0. The van der Waals surface area contributed by atoms with Gasteiger partial charge in [0, 0.05) is 5.92 Å². The molecule has 0 bridgehead atoms. The van der Waals surface area contributed by atoms with Crippen molar-refractivity contribution in [2.45, 2.75) is 68.0 Å². The predicted octanol–water partition coefficient (Wildman–Crippen LogP) is 10.0. The number of aryl methyl sites for hydroxylation is 8. The lowest BCUT2D eigenvalue weighted by atomic mass is 9.93. The van der Waals surface area contributed by atoms with Crippen LogP contribution in [0.5, 0.6) is 0 Å². The molecule has 2 atom stereocenters. The first-order valence-corrected chi connectivity index (χ1v) is 19.6. The van der Waals surface area contributed by atoms with E-state index >= 15 is 0 Å². The summed E-state index contributed by atoms with van der Waals surface area (Å²) in [6.07, 6.45) is 7.21. The quantitative estimate of drug-likeness (QED) is 0.147. The van der Waals surface area contributed by atoms with E-state index in [4.69, 9.17) is 0 Å². The van der Waals surface area contributed by atoms with Crippen molar-refractivity contribution in [3.8, 4) is 0 Å². The van der Waals surface area contributed by atoms with Gasteiger partial charge in [-0.15, -0.1) is 0 Å². The van der Waals surface area contributed by atoms with E-state index in [2.05, 4.69) is 178 Å². The normalized spacial score (nSPS) is 15.0. The molecule has 0 radical (unpaired) electrons. The highest BCUT2D eigenvalue weighted by molar-refractivity contribution is 7.80. The Kier molecular flexibility index (Phi) is 9.85. The van der Waals surface area contributed by atoms with Crippen molar-refractivity contribution in [2.24, 2.45) is 5.92 Å². The molecular weight excluding hydrogens is 602 g/mol. The van der Waals surface area contributed by atoms with E-state index in [0.29, 0.717) is 11.6 Å². The maximum Gasteiger partial charge on any atom is 0.00982 e. The van der Waals surface area contributed by atoms with Crippen molar-refractivity contribution in [1.82, 2.24) is 0 Å². The zero-order valence-corrected chi connectivity index (χ0v) is 31.3. The summed E-state index contributed by atoms with van der Waals surface area (Å²) in [5.41, 5.74) is 14.0. The topological polar surface area (TPSA) is 0 Å². The van der Waals surface area contributed by atoms with Gasteiger partial charge in [-0.05, 0) is 115 Å². The van der Waals surface area contributed by atoms with Gasteiger partial charge in [-0.2, -0.15) is 0 Å². The minimum Gasteiger partial charge on any atom is -0.0763 e. The maximum absolute atomic E-state index is 2.51. The summed E-state index contributed by atoms with van der Waals surface area (Å²) in [5.74, 6) is 0.319. The van der Waals surface area contributed by atoms with Crippen LogP contribution in [0.2, 0.25) is 0 Å². The van der Waals surface area contributed by atoms with Crippen LogP contribution in [0.3, 0.4) is 0 Å². The van der Waals surface area contributed by atoms with Gasteiger partial charge >= 0.3 is 0 Å². The molecule has 5 aromatic rings. The Morgan fingerprint density at radius 2 is 0.872 bits per heavy atom. The van der Waals surface area contributed by atoms with Crippen molar-refractivity contribution in [2.75, 3.05) is 0 Å². The Morgan fingerprint density at radius 3 is 1.30 bits per heavy atom. The second-order valence-corrected chi connectivity index (χ2v) is 18.7. The molecule has 0 aliphatic heterocycles. The van der Waals surface area contributed by atoms with E-state index in [1.807, 2.05) is 0 Å². The van der Waals surface area contributed by atoms with Crippen LogP contribution in [-0.2, 0) is 0 Å². The molecule has 1 aliphatic rings. The zero-order chi connectivity index (χ0) is 33.4. The third-order valence-corrected chi connectivity index (χ3v) is 14.4. The number of hydrogen-bond donors (Lipinski definition) is 0. The molecule has 0 saturated heterocycles. The molecule has 0 nitrogen and oxygen atoms in total. The number of benzene rings is 5. The molecule has 0 fully saturated rings. The van der Waals surface area contributed by atoms with Crippen LogP contribution in [0.4, 0.5) is 0 Å². The molecule has 47 heavy (non-hydrogen) atoms. The first-order chi connectivity index (χ1) is 22.5. The molecule has 1 aliphatic carbocycles. The minimum absolute atomic E-state index is 0.319. The van der Waals surface area contributed by atoms with Crippen LogP contribution in [-0.4, -0.2) is 5.66 Å². The van der Waals surface area contributed by atoms with E-state index in [1.54, 1.807) is 0 Å². The number of hydrogen-bond acceptors (Lipinski definition) is 0. The van der Waals surface area contributed by atoms with E-state index in [1.165, 1.54) is 82.2 Å². The summed E-state index contributed by atoms with van der Waals surface area (Å²) in [4.78, 5) is 0. The number of allylic oxidation sites excluding steroid dienone is 4. The monoisotopic (exact) mass is 650 g/mol. The van der Waals surface area contributed by atoms with Crippen LogP contribution < -0.4 is 26.5 Å². The van der Waals surface area contributed by atoms with Gasteiger partial charge in [0.1, 0.15) is 0 Å². The third kappa shape index (κ3) is 7.31. The van der Waals surface area contributed by atoms with Gasteiger partial charge < -0.3 is 0 Å². The van der Waals surface area contributed by atoms with Gasteiger partial charge in [0.25, 0.3) is 0 Å². The predicted molar refractivity (Wildman–Crippen MR) is 212 cm³/mol. The lowest BCUT2D eigenvalue weighted by molar-refractivity contribution is 0.817. The third-order valence-electron chi connectivity index (χ3n) is 9.23. The van der Waals surface area contributed by atoms with Gasteiger partial charge in [0.15, 0.2) is 0 Å². The second kappa shape index (κ2) is 13.9. The molecule has 0 amide bonds. The van der Waals surface area contributed by atoms with Crippen molar-refractivity contribution < 1.29 is 0 Å². The van der Waals surface area contributed by atoms with Crippen molar-refractivity contribution in [3.63, 3.8) is 0 Å². The lowest BCUT2D eigenvalue weighted by Gasteiger charge is -2.33. The first kappa shape index (κ1) is 33.3. The summed E-state index contributed by atoms with van der Waals surface area (Å²) in [7, 11) is -1.39. The van der Waals surface area contributed by atoms with Gasteiger partial charge in [-0.1, -0.05) is 167 Å². The lowest BCUT2D eigenvalue weighted by Crippen LogP contribution is -2.28. The molecule has 0 spiro atoms. The fourth-order valence-electron chi connectivity index (χ4n) is 7.64. The fourth-order valence-corrected chi connectivity index (χ4v) is 13.7. The van der Waals surface area contributed by atoms with E-state index in [0.717, 1.165) is 0 Å². The van der Waals surface area contributed by atoms with Crippen molar-refractivity contribution in [1.29, 1.82) is 0 Å².